The second-order valence-corrected chi connectivity index (χ2v) is 4.96. The van der Waals surface area contributed by atoms with E-state index in [1.165, 1.54) is 19.8 Å². The maximum absolute atomic E-state index is 12.1. The van der Waals surface area contributed by atoms with Crippen molar-refractivity contribution in [1.29, 1.82) is 0 Å². The van der Waals surface area contributed by atoms with E-state index in [1.807, 2.05) is 0 Å². The zero-order valence-electron chi connectivity index (χ0n) is 11.1. The Balaban J connectivity index is 1.91. The fraction of sp³-hybridized carbons (Fsp3) is 0.385. The molecule has 1 heterocycles. The van der Waals surface area contributed by atoms with Gasteiger partial charge in [-0.05, 0) is 24.6 Å². The molecule has 20 heavy (non-hydrogen) atoms. The topological polar surface area (TPSA) is 84.9 Å². The van der Waals surface area contributed by atoms with Crippen molar-refractivity contribution in [3.8, 4) is 0 Å². The Bertz CT molecular complexity index is 496. The van der Waals surface area contributed by atoms with Gasteiger partial charge < -0.3 is 19.7 Å². The summed E-state index contributed by atoms with van der Waals surface area (Å²) in [5.74, 6) is -1.13. The van der Waals surface area contributed by atoms with Gasteiger partial charge in [-0.3, -0.25) is 4.79 Å². The molecule has 1 amide bonds. The number of carbonyl (C=O) groups is 2. The van der Waals surface area contributed by atoms with Crippen LogP contribution in [0.3, 0.4) is 0 Å². The van der Waals surface area contributed by atoms with Crippen molar-refractivity contribution >= 4 is 19.6 Å². The lowest BCUT2D eigenvalue weighted by Gasteiger charge is -2.31. The first-order chi connectivity index (χ1) is 9.51. The molecule has 7 heteroatoms. The van der Waals surface area contributed by atoms with Crippen molar-refractivity contribution in [2.75, 3.05) is 13.2 Å². The van der Waals surface area contributed by atoms with Crippen LogP contribution in [0.2, 0.25) is 0 Å². The average molecular weight is 276 g/mol. The third-order valence-corrected chi connectivity index (χ3v) is 3.14. The molecule has 1 fully saturated rings. The molecular weight excluding hydrogens is 261 g/mol. The molecule has 0 spiro atoms. The lowest BCUT2D eigenvalue weighted by molar-refractivity contribution is -0.136. The number of hydrogen-bond donors (Lipinski definition) is 2. The number of hydrogen-bond acceptors (Lipinski definition) is 4. The van der Waals surface area contributed by atoms with Gasteiger partial charge in [-0.2, -0.15) is 0 Å². The fourth-order valence-corrected chi connectivity index (χ4v) is 1.82. The van der Waals surface area contributed by atoms with Crippen molar-refractivity contribution in [3.63, 3.8) is 0 Å². The molecule has 1 aliphatic heterocycles. The monoisotopic (exact) mass is 276 g/mol. The normalized spacial score (nSPS) is 17.1. The van der Waals surface area contributed by atoms with Crippen LogP contribution in [0.4, 0.5) is 0 Å². The third kappa shape index (κ3) is 3.37. The van der Waals surface area contributed by atoms with E-state index in [2.05, 4.69) is 5.32 Å². The van der Waals surface area contributed by atoms with Gasteiger partial charge in [-0.25, -0.2) is 4.79 Å². The lowest BCUT2D eigenvalue weighted by Crippen LogP contribution is -2.48. The number of amides is 1. The number of rotatable bonds is 4. The number of aromatic carboxylic acids is 1. The Hall–Kier alpha value is -1.86. The molecule has 0 unspecified atom stereocenters. The van der Waals surface area contributed by atoms with Crippen LogP contribution >= 0.6 is 0 Å². The van der Waals surface area contributed by atoms with E-state index in [-0.39, 0.29) is 24.7 Å². The largest absolute Gasteiger partial charge is 0.488 e. The summed E-state index contributed by atoms with van der Waals surface area (Å²) >= 11 is 0. The molecule has 1 aromatic carbocycles. The fourth-order valence-electron chi connectivity index (χ4n) is 1.82. The molecule has 0 bridgehead atoms. The van der Waals surface area contributed by atoms with Crippen LogP contribution in [-0.4, -0.2) is 37.9 Å². The van der Waals surface area contributed by atoms with Gasteiger partial charge in [-0.15, -0.1) is 0 Å². The summed E-state index contributed by atoms with van der Waals surface area (Å²) in [6.45, 7) is 2.65. The van der Waals surface area contributed by atoms with Crippen LogP contribution in [-0.2, 0) is 20.6 Å². The van der Waals surface area contributed by atoms with E-state index in [9.17, 15) is 9.59 Å². The molecule has 1 radical (unpaired) electrons. The second kappa shape index (κ2) is 6.07. The Morgan fingerprint density at radius 3 is 2.45 bits per heavy atom. The molecule has 2 N–H and O–H groups in total. The molecule has 0 saturated carbocycles. The highest BCUT2D eigenvalue weighted by molar-refractivity contribution is 6.18. The molecule has 0 aliphatic carbocycles. The highest BCUT2D eigenvalue weighted by Crippen LogP contribution is 2.21. The average Bonchev–Trinajstić information content (AvgIpc) is 2.46. The smallest absolute Gasteiger partial charge is 0.478 e. The molecule has 0 aromatic heterocycles. The van der Waals surface area contributed by atoms with Crippen LogP contribution in [0.25, 0.3) is 0 Å². The molecule has 105 valence electrons. The molecule has 0 atom stereocenters. The molecule has 1 saturated heterocycles. The summed E-state index contributed by atoms with van der Waals surface area (Å²) in [7, 11) is 1.24. The minimum Gasteiger partial charge on any atom is -0.478 e. The Labute approximate surface area is 117 Å². The summed E-state index contributed by atoms with van der Waals surface area (Å²) < 4.78 is 10.1. The molecule has 1 aliphatic rings. The Morgan fingerprint density at radius 1 is 1.30 bits per heavy atom. The summed E-state index contributed by atoms with van der Waals surface area (Å²) in [6.07, 6.45) is 0. The van der Waals surface area contributed by atoms with Crippen LogP contribution in [0, 0.1) is 5.41 Å². The van der Waals surface area contributed by atoms with E-state index in [4.69, 9.17) is 14.4 Å². The van der Waals surface area contributed by atoms with Crippen molar-refractivity contribution in [2.45, 2.75) is 13.5 Å². The predicted molar refractivity (Wildman–Crippen MR) is 71.0 cm³/mol. The number of carboxylic acids is 1. The van der Waals surface area contributed by atoms with Crippen LogP contribution < -0.4 is 5.32 Å². The van der Waals surface area contributed by atoms with Crippen molar-refractivity contribution in [2.24, 2.45) is 5.41 Å². The zero-order valence-corrected chi connectivity index (χ0v) is 11.1. The highest BCUT2D eigenvalue weighted by atomic mass is 16.6. The zero-order chi connectivity index (χ0) is 14.6. The van der Waals surface area contributed by atoms with Gasteiger partial charge >= 0.3 is 13.7 Å². The summed E-state index contributed by atoms with van der Waals surface area (Å²) in [6, 6.07) is 6.36. The van der Waals surface area contributed by atoms with E-state index >= 15 is 0 Å². The Morgan fingerprint density at radius 2 is 1.90 bits per heavy atom. The predicted octanol–water partition coefficient (Wildman–Crippen LogP) is 0.588. The van der Waals surface area contributed by atoms with Crippen molar-refractivity contribution in [1.82, 2.24) is 5.32 Å². The van der Waals surface area contributed by atoms with Gasteiger partial charge in [0.05, 0.1) is 11.0 Å². The minimum atomic E-state index is -0.971. The van der Waals surface area contributed by atoms with Crippen LogP contribution in [0.15, 0.2) is 24.3 Å². The molecule has 1 aromatic rings. The van der Waals surface area contributed by atoms with Gasteiger partial charge in [0, 0.05) is 19.8 Å². The van der Waals surface area contributed by atoms with E-state index in [0.717, 1.165) is 5.56 Å². The minimum absolute atomic E-state index is 0.159. The first kappa shape index (κ1) is 14.6. The standard InChI is InChI=1S/C13H15BNO5/c1-13(7-19-14-20-8-13)12(18)15-6-9-2-4-10(5-3-9)11(16)17/h2-5H,6-8H2,1H3,(H,15,18)(H,16,17). The summed E-state index contributed by atoms with van der Waals surface area (Å²) in [5, 5.41) is 11.6. The second-order valence-electron chi connectivity index (χ2n) is 4.96. The molecule has 2 rings (SSSR count). The number of carbonyl (C=O) groups excluding carboxylic acids is 1. The highest BCUT2D eigenvalue weighted by Gasteiger charge is 2.36. The van der Waals surface area contributed by atoms with Gasteiger partial charge in [0.25, 0.3) is 0 Å². The Kier molecular flexibility index (Phi) is 4.41. The number of nitrogens with one attached hydrogen (secondary N) is 1. The summed E-state index contributed by atoms with van der Waals surface area (Å²) in [5.41, 5.74) is 0.336. The van der Waals surface area contributed by atoms with Gasteiger partial charge in [-0.1, -0.05) is 12.1 Å². The number of benzene rings is 1. The van der Waals surface area contributed by atoms with Gasteiger partial charge in [0.15, 0.2) is 0 Å². The van der Waals surface area contributed by atoms with E-state index in [0.29, 0.717) is 6.54 Å². The SMILES string of the molecule is CC1(C(=O)NCc2ccc(C(=O)O)cc2)CO[B]OC1. The van der Waals surface area contributed by atoms with E-state index in [1.54, 1.807) is 19.1 Å². The van der Waals surface area contributed by atoms with Gasteiger partial charge in [0.2, 0.25) is 5.91 Å². The van der Waals surface area contributed by atoms with Crippen molar-refractivity contribution < 1.29 is 24.0 Å². The first-order valence-electron chi connectivity index (χ1n) is 6.17. The molecular formula is C13H15BNO5. The van der Waals surface area contributed by atoms with E-state index < -0.39 is 11.4 Å². The van der Waals surface area contributed by atoms with Crippen LogP contribution in [0.1, 0.15) is 22.8 Å². The first-order valence-corrected chi connectivity index (χ1v) is 6.17. The third-order valence-electron chi connectivity index (χ3n) is 3.14. The maximum atomic E-state index is 12.1. The summed E-state index contributed by atoms with van der Waals surface area (Å²) in [4.78, 5) is 22.8. The maximum Gasteiger partial charge on any atom is 0.488 e. The van der Waals surface area contributed by atoms with Crippen LogP contribution in [0.5, 0.6) is 0 Å². The van der Waals surface area contributed by atoms with Crippen molar-refractivity contribution in [3.05, 3.63) is 35.4 Å². The lowest BCUT2D eigenvalue weighted by atomic mass is 9.89. The quantitative estimate of drug-likeness (QED) is 0.786. The van der Waals surface area contributed by atoms with Gasteiger partial charge in [0.1, 0.15) is 0 Å². The number of carboxylic acid groups (broad SMARTS) is 1. The molecule has 6 nitrogen and oxygen atoms in total.